The summed E-state index contributed by atoms with van der Waals surface area (Å²) in [4.78, 5) is 44.0. The van der Waals surface area contributed by atoms with E-state index in [-0.39, 0.29) is 36.3 Å². The molecule has 0 saturated heterocycles. The lowest BCUT2D eigenvalue weighted by Crippen LogP contribution is -2.50. The van der Waals surface area contributed by atoms with Crippen molar-refractivity contribution in [3.05, 3.63) is 64.9 Å². The first-order valence-corrected chi connectivity index (χ1v) is 13.5. The van der Waals surface area contributed by atoms with E-state index in [0.717, 1.165) is 5.56 Å². The van der Waals surface area contributed by atoms with E-state index in [9.17, 15) is 14.4 Å². The standard InChI is InChI=1S/C29H38ClN3O5/c1-5-37-25(34)13-17-33(26(35)21-8-7-16-31-19-21)24-11-14-29(15-12-24,22-9-6-10-23(30)18-22)20-32-27(36)38-28(2,3)4/h6-10,16,18-19,24H,5,11-15,17,20H2,1-4H3,(H,32,36)/t24-,29+. The number of amides is 2. The van der Waals surface area contributed by atoms with Crippen LogP contribution in [0, 0.1) is 0 Å². The molecule has 0 radical (unpaired) electrons. The number of halogens is 1. The minimum absolute atomic E-state index is 0.0778. The molecule has 2 amide bonds. The first-order chi connectivity index (χ1) is 18.0. The molecule has 0 unspecified atom stereocenters. The highest BCUT2D eigenvalue weighted by molar-refractivity contribution is 6.30. The molecule has 0 aliphatic heterocycles. The summed E-state index contributed by atoms with van der Waals surface area (Å²) in [7, 11) is 0. The molecule has 2 aromatic rings. The second-order valence-electron chi connectivity index (χ2n) is 10.7. The number of esters is 1. The van der Waals surface area contributed by atoms with Gasteiger partial charge in [0.15, 0.2) is 0 Å². The topological polar surface area (TPSA) is 97.8 Å². The molecule has 0 atom stereocenters. The number of rotatable bonds is 9. The third-order valence-electron chi connectivity index (χ3n) is 6.79. The van der Waals surface area contributed by atoms with Crippen LogP contribution < -0.4 is 5.32 Å². The number of benzene rings is 1. The van der Waals surface area contributed by atoms with Crippen molar-refractivity contribution in [2.45, 2.75) is 76.9 Å². The zero-order chi connectivity index (χ0) is 27.8. The Balaban J connectivity index is 1.80. The molecule has 38 heavy (non-hydrogen) atoms. The maximum absolute atomic E-state index is 13.5. The van der Waals surface area contributed by atoms with Gasteiger partial charge in [0.1, 0.15) is 5.60 Å². The van der Waals surface area contributed by atoms with Crippen molar-refractivity contribution in [2.75, 3.05) is 19.7 Å². The highest BCUT2D eigenvalue weighted by atomic mass is 35.5. The number of carbonyl (C=O) groups is 3. The van der Waals surface area contributed by atoms with Crippen molar-refractivity contribution in [3.63, 3.8) is 0 Å². The molecular formula is C29H38ClN3O5. The smallest absolute Gasteiger partial charge is 0.407 e. The van der Waals surface area contributed by atoms with Crippen LogP contribution in [0.1, 0.15) is 75.7 Å². The molecule has 1 aliphatic rings. The van der Waals surface area contributed by atoms with Crippen LogP contribution in [0.5, 0.6) is 0 Å². The molecule has 1 saturated carbocycles. The minimum Gasteiger partial charge on any atom is -0.466 e. The van der Waals surface area contributed by atoms with Gasteiger partial charge in [0.2, 0.25) is 0 Å². The van der Waals surface area contributed by atoms with Crippen LogP contribution in [0.2, 0.25) is 5.02 Å². The van der Waals surface area contributed by atoms with Crippen molar-refractivity contribution < 1.29 is 23.9 Å². The summed E-state index contributed by atoms with van der Waals surface area (Å²) >= 11 is 6.35. The quantitative estimate of drug-likeness (QED) is 0.417. The number of hydrogen-bond donors (Lipinski definition) is 1. The minimum atomic E-state index is -0.600. The fourth-order valence-corrected chi connectivity index (χ4v) is 5.15. The molecule has 1 N–H and O–H groups in total. The van der Waals surface area contributed by atoms with Crippen LogP contribution in [-0.2, 0) is 19.7 Å². The van der Waals surface area contributed by atoms with Crippen molar-refractivity contribution in [1.82, 2.24) is 15.2 Å². The molecule has 1 heterocycles. The van der Waals surface area contributed by atoms with Crippen molar-refractivity contribution in [1.29, 1.82) is 0 Å². The van der Waals surface area contributed by atoms with E-state index in [1.807, 2.05) is 45.0 Å². The van der Waals surface area contributed by atoms with Gasteiger partial charge in [0.05, 0.1) is 18.6 Å². The number of ether oxygens (including phenoxy) is 2. The normalized spacial score (nSPS) is 19.3. The summed E-state index contributed by atoms with van der Waals surface area (Å²) in [6.07, 6.45) is 5.63. The Kier molecular flexibility index (Phi) is 10.1. The molecule has 0 spiro atoms. The van der Waals surface area contributed by atoms with Gasteiger partial charge in [-0.05, 0) is 83.2 Å². The lowest BCUT2D eigenvalue weighted by molar-refractivity contribution is -0.143. The summed E-state index contributed by atoms with van der Waals surface area (Å²) in [5, 5.41) is 3.59. The summed E-state index contributed by atoms with van der Waals surface area (Å²) in [6.45, 7) is 8.19. The number of carbonyl (C=O) groups excluding carboxylic acids is 3. The van der Waals surface area contributed by atoms with Crippen LogP contribution in [-0.4, -0.2) is 59.2 Å². The maximum Gasteiger partial charge on any atom is 0.407 e. The highest BCUT2D eigenvalue weighted by Crippen LogP contribution is 2.41. The number of alkyl carbamates (subject to hydrolysis) is 1. The van der Waals surface area contributed by atoms with Crippen molar-refractivity contribution >= 4 is 29.6 Å². The zero-order valence-electron chi connectivity index (χ0n) is 22.7. The van der Waals surface area contributed by atoms with Gasteiger partial charge in [-0.3, -0.25) is 14.6 Å². The molecule has 8 nitrogen and oxygen atoms in total. The fourth-order valence-electron chi connectivity index (χ4n) is 4.96. The van der Waals surface area contributed by atoms with Crippen molar-refractivity contribution in [3.8, 4) is 0 Å². The first kappa shape index (κ1) is 29.4. The van der Waals surface area contributed by atoms with Crippen LogP contribution >= 0.6 is 11.6 Å². The lowest BCUT2D eigenvalue weighted by Gasteiger charge is -2.44. The third kappa shape index (κ3) is 8.18. The number of nitrogens with one attached hydrogen (secondary N) is 1. The fraction of sp³-hybridized carbons (Fsp3) is 0.517. The number of pyridine rings is 1. The van der Waals surface area contributed by atoms with Crippen LogP contribution in [0.25, 0.3) is 0 Å². The molecule has 1 aromatic carbocycles. The zero-order valence-corrected chi connectivity index (χ0v) is 23.4. The van der Waals surface area contributed by atoms with Crippen LogP contribution in [0.15, 0.2) is 48.8 Å². The Morgan fingerprint density at radius 3 is 2.50 bits per heavy atom. The number of hydrogen-bond acceptors (Lipinski definition) is 6. The Hall–Kier alpha value is -3.13. The van der Waals surface area contributed by atoms with Gasteiger partial charge < -0.3 is 19.7 Å². The molecule has 1 fully saturated rings. The maximum atomic E-state index is 13.5. The summed E-state index contributed by atoms with van der Waals surface area (Å²) in [5.41, 5.74) is 0.547. The van der Waals surface area contributed by atoms with Crippen LogP contribution in [0.3, 0.4) is 0 Å². The third-order valence-corrected chi connectivity index (χ3v) is 7.03. The number of nitrogens with zero attached hydrogens (tertiary/aromatic N) is 2. The van der Waals surface area contributed by atoms with E-state index >= 15 is 0 Å². The van der Waals surface area contributed by atoms with Gasteiger partial charge >= 0.3 is 12.1 Å². The monoisotopic (exact) mass is 543 g/mol. The predicted molar refractivity (Wildman–Crippen MR) is 146 cm³/mol. The van der Waals surface area contributed by atoms with Gasteiger partial charge in [0, 0.05) is 42.0 Å². The molecule has 9 heteroatoms. The Bertz CT molecular complexity index is 1090. The Morgan fingerprint density at radius 2 is 1.89 bits per heavy atom. The van der Waals surface area contributed by atoms with Crippen molar-refractivity contribution in [2.24, 2.45) is 0 Å². The average Bonchev–Trinajstić information content (AvgIpc) is 2.88. The predicted octanol–water partition coefficient (Wildman–Crippen LogP) is 5.54. The molecule has 3 rings (SSSR count). The Labute approximate surface area is 230 Å². The molecule has 206 valence electrons. The second kappa shape index (κ2) is 13.1. The summed E-state index contributed by atoms with van der Waals surface area (Å²) in [5.74, 6) is -0.489. The number of aromatic nitrogens is 1. The first-order valence-electron chi connectivity index (χ1n) is 13.1. The summed E-state index contributed by atoms with van der Waals surface area (Å²) in [6, 6.07) is 11.1. The average molecular weight is 544 g/mol. The van der Waals surface area contributed by atoms with E-state index in [0.29, 0.717) is 49.4 Å². The SMILES string of the molecule is CCOC(=O)CCN(C(=O)c1cccnc1)[C@H]1CC[C@@](CNC(=O)OC(C)(C)C)(c2cccc(Cl)c2)CC1. The second-order valence-corrected chi connectivity index (χ2v) is 11.1. The van der Waals surface area contributed by atoms with Gasteiger partial charge in [-0.15, -0.1) is 0 Å². The van der Waals surface area contributed by atoms with E-state index in [4.69, 9.17) is 21.1 Å². The van der Waals surface area contributed by atoms with Gasteiger partial charge in [-0.25, -0.2) is 4.79 Å². The van der Waals surface area contributed by atoms with Crippen LogP contribution in [0.4, 0.5) is 4.79 Å². The van der Waals surface area contributed by atoms with E-state index < -0.39 is 11.7 Å². The highest BCUT2D eigenvalue weighted by Gasteiger charge is 2.40. The van der Waals surface area contributed by atoms with Gasteiger partial charge in [-0.2, -0.15) is 0 Å². The largest absolute Gasteiger partial charge is 0.466 e. The van der Waals surface area contributed by atoms with E-state index in [1.54, 1.807) is 36.4 Å². The summed E-state index contributed by atoms with van der Waals surface area (Å²) < 4.78 is 10.6. The van der Waals surface area contributed by atoms with E-state index in [1.165, 1.54) is 0 Å². The molecule has 0 bridgehead atoms. The van der Waals surface area contributed by atoms with E-state index in [2.05, 4.69) is 10.3 Å². The van der Waals surface area contributed by atoms with Gasteiger partial charge in [0.25, 0.3) is 5.91 Å². The lowest BCUT2D eigenvalue weighted by atomic mass is 9.67. The Morgan fingerprint density at radius 1 is 1.16 bits per heavy atom. The van der Waals surface area contributed by atoms with Gasteiger partial charge in [-0.1, -0.05) is 23.7 Å². The molecular weight excluding hydrogens is 506 g/mol. The molecule has 1 aliphatic carbocycles. The molecule has 1 aromatic heterocycles.